The molecule has 0 saturated carbocycles. The Hall–Kier alpha value is -2.99. The minimum atomic E-state index is -0.200. The molecule has 2 aliphatic rings. The van der Waals surface area contributed by atoms with Crippen LogP contribution < -0.4 is 15.9 Å². The van der Waals surface area contributed by atoms with E-state index in [0.717, 1.165) is 25.7 Å². The fourth-order valence-electron chi connectivity index (χ4n) is 5.60. The van der Waals surface area contributed by atoms with Gasteiger partial charge in [0.25, 0.3) is 11.1 Å². The first-order valence-corrected chi connectivity index (χ1v) is 17.1. The monoisotopic (exact) mass is 776 g/mol. The number of carbonyl (C=O) groups excluding carboxylic acids is 1. The van der Waals surface area contributed by atoms with Crippen molar-refractivity contribution in [3.05, 3.63) is 87.2 Å². The van der Waals surface area contributed by atoms with Crippen LogP contribution >= 0.6 is 69.6 Å². The van der Waals surface area contributed by atoms with Crippen molar-refractivity contribution in [2.24, 2.45) is 0 Å². The lowest BCUT2D eigenvalue weighted by atomic mass is 10.1. The van der Waals surface area contributed by atoms with Crippen molar-refractivity contribution >= 4 is 75.4 Å². The second kappa shape index (κ2) is 15.3. The van der Waals surface area contributed by atoms with Crippen LogP contribution in [0.1, 0.15) is 32.6 Å². The Labute approximate surface area is 305 Å². The number of methoxy groups -OCH3 is 1. The molecule has 10 nitrogen and oxygen atoms in total. The minimum Gasteiger partial charge on any atom is -0.506 e. The summed E-state index contributed by atoms with van der Waals surface area (Å²) in [4.78, 5) is 36.6. The predicted octanol–water partition coefficient (Wildman–Crippen LogP) is 8.35. The van der Waals surface area contributed by atoms with Gasteiger partial charge in [-0.2, -0.15) is 0 Å². The summed E-state index contributed by atoms with van der Waals surface area (Å²) in [5.41, 5.74) is 1.08. The van der Waals surface area contributed by atoms with E-state index in [1.165, 1.54) is 38.3 Å². The van der Waals surface area contributed by atoms with E-state index in [1.54, 1.807) is 24.8 Å². The summed E-state index contributed by atoms with van der Waals surface area (Å²) in [6.45, 7) is 4.03. The molecule has 2 aromatic carbocycles. The summed E-state index contributed by atoms with van der Waals surface area (Å²) >= 11 is 37.4. The topological polar surface area (TPSA) is 110 Å². The molecule has 256 valence electrons. The Morgan fingerprint density at radius 2 is 1.19 bits per heavy atom. The zero-order chi connectivity index (χ0) is 34.9. The smallest absolute Gasteiger partial charge is 0.276 e. The van der Waals surface area contributed by atoms with Crippen LogP contribution in [-0.4, -0.2) is 43.3 Å². The summed E-state index contributed by atoms with van der Waals surface area (Å²) < 4.78 is 17.6. The van der Waals surface area contributed by atoms with Gasteiger partial charge in [-0.25, -0.2) is 9.36 Å². The number of halogens is 6. The predicted molar refractivity (Wildman–Crippen MR) is 190 cm³/mol. The van der Waals surface area contributed by atoms with Crippen molar-refractivity contribution in [3.8, 4) is 33.8 Å². The van der Waals surface area contributed by atoms with E-state index >= 15 is 0 Å². The molecule has 0 atom stereocenters. The molecule has 0 spiro atoms. The molecular weight excluding hydrogens is 749 g/mol. The largest absolute Gasteiger partial charge is 0.506 e. The zero-order valence-electron chi connectivity index (χ0n) is 25.8. The number of aromatic hydroxyl groups is 1. The molecule has 2 aliphatic heterocycles. The maximum atomic E-state index is 12.9. The van der Waals surface area contributed by atoms with Gasteiger partial charge in [0, 0.05) is 43.4 Å². The van der Waals surface area contributed by atoms with Gasteiger partial charge in [0.05, 0.1) is 38.3 Å². The fourth-order valence-corrected chi connectivity index (χ4v) is 7.33. The van der Waals surface area contributed by atoms with Crippen LogP contribution in [0.2, 0.25) is 30.4 Å². The van der Waals surface area contributed by atoms with Gasteiger partial charge in [0.2, 0.25) is 0 Å². The molecular formula is C32H30Cl6N4O6. The summed E-state index contributed by atoms with van der Waals surface area (Å²) in [7, 11) is 1.44. The van der Waals surface area contributed by atoms with E-state index in [1.807, 2.05) is 0 Å². The average Bonchev–Trinajstić information content (AvgIpc) is 3.46. The number of rotatable bonds is 7. The van der Waals surface area contributed by atoms with Gasteiger partial charge in [-0.05, 0) is 56.9 Å². The Bertz CT molecular complexity index is 2040. The number of phenolic OH excluding ortho intramolecular Hbond substituents is 1. The van der Waals surface area contributed by atoms with Gasteiger partial charge >= 0.3 is 0 Å². The van der Waals surface area contributed by atoms with Crippen LogP contribution in [0.25, 0.3) is 22.3 Å². The van der Waals surface area contributed by atoms with Gasteiger partial charge in [0.15, 0.2) is 5.78 Å². The molecule has 4 heterocycles. The number of benzene rings is 2. The van der Waals surface area contributed by atoms with Crippen molar-refractivity contribution in [2.75, 3.05) is 13.7 Å². The number of aromatic nitrogens is 4. The molecule has 0 fully saturated rings. The number of phenols is 1. The van der Waals surface area contributed by atoms with E-state index in [2.05, 4.69) is 0 Å². The number of fused-ring (bicyclic) bond motifs is 2. The molecule has 1 N–H and O–H groups in total. The molecule has 6 rings (SSSR count). The summed E-state index contributed by atoms with van der Waals surface area (Å²) in [6.07, 6.45) is 5.13. The highest BCUT2D eigenvalue weighted by atomic mass is 35.5. The van der Waals surface area contributed by atoms with Crippen molar-refractivity contribution < 1.29 is 19.4 Å². The lowest BCUT2D eigenvalue weighted by Gasteiger charge is -2.17. The summed E-state index contributed by atoms with van der Waals surface area (Å²) in [5.74, 6) is 0.355. The molecule has 0 aliphatic carbocycles. The molecule has 2 aromatic heterocycles. The molecule has 0 amide bonds. The van der Waals surface area contributed by atoms with Gasteiger partial charge in [-0.15, -0.1) is 0 Å². The lowest BCUT2D eigenvalue weighted by Crippen LogP contribution is -2.27. The minimum absolute atomic E-state index is 0.00412. The van der Waals surface area contributed by atoms with Crippen molar-refractivity contribution in [3.63, 3.8) is 0 Å². The van der Waals surface area contributed by atoms with Gasteiger partial charge in [-0.1, -0.05) is 69.6 Å². The third-order valence-corrected chi connectivity index (χ3v) is 9.91. The van der Waals surface area contributed by atoms with Gasteiger partial charge < -0.3 is 14.6 Å². The summed E-state index contributed by atoms with van der Waals surface area (Å²) in [6, 6.07) is 5.87. The standard InChI is InChI=1S/C19H19Cl3N2O4.C13H11Cl3N2O2/c1-11(25)7-12(27-2)10-28-16-8-13(14(20)9-15(16)21)17-18(22)23-5-3-4-6-24(23)19(17)26;14-8-6-9(15)10(19)5-7(8)11-12(16)17-3-1-2-4-18(17)13(11)20/h7-9H,3-6,10H2,1-2H3;5-6,19H,1-4H2/b12-7+;. The van der Waals surface area contributed by atoms with Crippen LogP contribution in [0.15, 0.2) is 45.7 Å². The molecule has 4 aromatic rings. The van der Waals surface area contributed by atoms with E-state index in [4.69, 9.17) is 79.1 Å². The van der Waals surface area contributed by atoms with Gasteiger partial charge in [-0.3, -0.25) is 23.7 Å². The number of allylic oxidation sites excluding steroid dienone is 1. The molecule has 0 bridgehead atoms. The van der Waals surface area contributed by atoms with Crippen LogP contribution in [0.3, 0.4) is 0 Å². The maximum Gasteiger partial charge on any atom is 0.276 e. The van der Waals surface area contributed by atoms with Crippen LogP contribution in [0.5, 0.6) is 11.5 Å². The maximum absolute atomic E-state index is 12.9. The third-order valence-electron chi connectivity index (χ3n) is 7.92. The highest BCUT2D eigenvalue weighted by Crippen LogP contribution is 2.40. The van der Waals surface area contributed by atoms with Crippen molar-refractivity contribution in [2.45, 2.75) is 58.8 Å². The Kier molecular flexibility index (Phi) is 11.5. The second-order valence-electron chi connectivity index (χ2n) is 11.1. The zero-order valence-corrected chi connectivity index (χ0v) is 30.3. The van der Waals surface area contributed by atoms with E-state index in [9.17, 15) is 19.5 Å². The second-order valence-corrected chi connectivity index (χ2v) is 13.5. The Morgan fingerprint density at radius 3 is 1.65 bits per heavy atom. The SMILES string of the molecule is CO/C(=C/C(C)=O)COc1cc(-c2c(Cl)n3n(c2=O)CCCC3)c(Cl)cc1Cl.O=c1c(-c2cc(O)c(Cl)cc2Cl)c(Cl)n2n1CCCC2. The number of ether oxygens (including phenoxy) is 2. The van der Waals surface area contributed by atoms with E-state index in [0.29, 0.717) is 75.3 Å². The molecule has 48 heavy (non-hydrogen) atoms. The van der Waals surface area contributed by atoms with Crippen LogP contribution in [0.4, 0.5) is 0 Å². The molecule has 0 saturated heterocycles. The Balaban J connectivity index is 0.000000198. The number of ketones is 1. The van der Waals surface area contributed by atoms with Crippen LogP contribution in [0, 0.1) is 0 Å². The normalized spacial score (nSPS) is 14.1. The van der Waals surface area contributed by atoms with E-state index in [-0.39, 0.29) is 44.3 Å². The first-order chi connectivity index (χ1) is 22.8. The van der Waals surface area contributed by atoms with Crippen molar-refractivity contribution in [1.82, 2.24) is 18.7 Å². The summed E-state index contributed by atoms with van der Waals surface area (Å²) in [5, 5.41) is 11.4. The highest BCUT2D eigenvalue weighted by Gasteiger charge is 2.26. The molecule has 0 unspecified atom stereocenters. The van der Waals surface area contributed by atoms with E-state index < -0.39 is 0 Å². The van der Waals surface area contributed by atoms with Crippen molar-refractivity contribution in [1.29, 1.82) is 0 Å². The van der Waals surface area contributed by atoms with Gasteiger partial charge in [0.1, 0.15) is 34.2 Å². The molecule has 16 heteroatoms. The fraction of sp³-hybridized carbons (Fsp3) is 0.344. The quantitative estimate of drug-likeness (QED) is 0.149. The Morgan fingerprint density at radius 1 is 0.729 bits per heavy atom. The molecule has 0 radical (unpaired) electrons. The number of hydrogen-bond acceptors (Lipinski definition) is 6. The number of carbonyl (C=O) groups is 1. The number of hydrogen-bond donors (Lipinski definition) is 1. The first-order valence-electron chi connectivity index (χ1n) is 14.9. The average molecular weight is 779 g/mol. The lowest BCUT2D eigenvalue weighted by molar-refractivity contribution is -0.112. The first kappa shape index (κ1) is 36.3. The van der Waals surface area contributed by atoms with Crippen LogP contribution in [-0.2, 0) is 35.7 Å². The third kappa shape index (κ3) is 7.29. The highest BCUT2D eigenvalue weighted by molar-refractivity contribution is 6.39. The number of nitrogens with zero attached hydrogens (tertiary/aromatic N) is 4.